The molecule has 54 heavy (non-hydrogen) atoms. The molecule has 0 bridgehead atoms. The van der Waals surface area contributed by atoms with E-state index in [1.165, 1.54) is 113 Å². The van der Waals surface area contributed by atoms with Crippen LogP contribution in [0, 0.1) is 13.8 Å². The minimum atomic E-state index is -0.826. The molecule has 6 aromatic carbocycles. The first kappa shape index (κ1) is 39.4. The summed E-state index contributed by atoms with van der Waals surface area (Å²) in [6.45, 7) is 8.67. The fraction of sp³-hybridized carbons (Fsp3) is 0.208. The first-order valence-electron chi connectivity index (χ1n) is 18.7. The third-order valence-corrected chi connectivity index (χ3v) is 12.4. The van der Waals surface area contributed by atoms with Crippen molar-refractivity contribution >= 4 is 70.8 Å². The van der Waals surface area contributed by atoms with Crippen molar-refractivity contribution in [1.82, 2.24) is 0 Å². The van der Waals surface area contributed by atoms with E-state index in [0.717, 1.165) is 9.52 Å². The van der Waals surface area contributed by atoms with Crippen molar-refractivity contribution in [3.05, 3.63) is 153 Å². The normalized spacial score (nSPS) is 12.6. The summed E-state index contributed by atoms with van der Waals surface area (Å²) in [4.78, 5) is 5.51. The van der Waals surface area contributed by atoms with Crippen molar-refractivity contribution in [2.45, 2.75) is 65.5 Å². The molecule has 0 nitrogen and oxygen atoms in total. The van der Waals surface area contributed by atoms with Gasteiger partial charge in [-0.25, -0.2) is 0 Å². The summed E-state index contributed by atoms with van der Waals surface area (Å²) in [7, 11) is 11.0. The zero-order valence-electron chi connectivity index (χ0n) is 31.4. The third kappa shape index (κ3) is 8.61. The number of benzene rings is 4. The zero-order valence-corrected chi connectivity index (χ0v) is 38.0. The molecule has 0 N–H and O–H groups in total. The fourth-order valence-electron chi connectivity index (χ4n) is 8.18. The number of halogens is 2. The molecule has 0 unspecified atom stereocenters. The topological polar surface area (TPSA) is 0 Å². The van der Waals surface area contributed by atoms with Crippen LogP contribution in [-0.4, -0.2) is 9.52 Å². The van der Waals surface area contributed by atoms with Crippen LogP contribution >= 0.6 is 39.7 Å². The molecule has 0 fully saturated rings. The molecule has 2 heterocycles. The number of aryl methyl sites for hydroxylation is 4. The van der Waals surface area contributed by atoms with Crippen LogP contribution in [0.5, 0.6) is 0 Å². The average Bonchev–Trinajstić information content (AvgIpc) is 4.04. The van der Waals surface area contributed by atoms with Crippen molar-refractivity contribution in [1.29, 1.82) is 0 Å². The third-order valence-electron chi connectivity index (χ3n) is 10.3. The second kappa shape index (κ2) is 18.4. The van der Waals surface area contributed by atoms with E-state index >= 15 is 0 Å². The Morgan fingerprint density at radius 2 is 0.944 bits per heavy atom. The predicted molar refractivity (Wildman–Crippen MR) is 239 cm³/mol. The summed E-state index contributed by atoms with van der Waals surface area (Å²) >= 11 is 2.95. The van der Waals surface area contributed by atoms with Gasteiger partial charge in [-0.3, -0.25) is 0 Å². The molecule has 0 amide bonds. The number of hydrogen-bond acceptors (Lipinski definition) is 2. The van der Waals surface area contributed by atoms with Crippen LogP contribution in [0.2, 0.25) is 13.1 Å². The zero-order chi connectivity index (χ0) is 37.6. The Labute approximate surface area is 350 Å². The van der Waals surface area contributed by atoms with Gasteiger partial charge in [0.25, 0.3) is 0 Å². The summed E-state index contributed by atoms with van der Waals surface area (Å²) in [6.07, 6.45) is 7.47. The second-order valence-electron chi connectivity index (χ2n) is 14.1. The van der Waals surface area contributed by atoms with Crippen LogP contribution in [0.4, 0.5) is 0 Å². The molecular weight excluding hydrogens is 831 g/mol. The first-order valence-corrected chi connectivity index (χ1v) is 28.7. The summed E-state index contributed by atoms with van der Waals surface area (Å²) in [6, 6.07) is 45.3. The van der Waals surface area contributed by atoms with E-state index in [0.29, 0.717) is 0 Å². The van der Waals surface area contributed by atoms with Gasteiger partial charge in [0.05, 0.1) is 0 Å². The van der Waals surface area contributed by atoms with Crippen molar-refractivity contribution < 1.29 is 20.8 Å². The van der Waals surface area contributed by atoms with E-state index in [1.807, 2.05) is 22.7 Å². The first-order chi connectivity index (χ1) is 26.4. The Balaban J connectivity index is 0.000000146. The standard InChI is InChI=1S/2C23H19S.C2H6Si.2ClH.Zr/c2*1-15-10-11-22(24-15)19-13-18-12-17-8-5-9-20(17)23(21(18)14-19)16-6-3-2-4-7-16;1-3-2;;;/h2*2-4,6-7,10-14H,5,8-9H2,1H3;1-2H3;2*1H;/q2*-1;;;;+4/p-2. The number of fused-ring (bicyclic) bond motifs is 4. The van der Waals surface area contributed by atoms with Gasteiger partial charge in [0.15, 0.2) is 0 Å². The van der Waals surface area contributed by atoms with Gasteiger partial charge in [-0.1, -0.05) is 120 Å². The van der Waals surface area contributed by atoms with Gasteiger partial charge in [-0.05, 0) is 94.1 Å². The molecule has 0 atom stereocenters. The van der Waals surface area contributed by atoms with E-state index in [1.54, 1.807) is 22.3 Å². The van der Waals surface area contributed by atoms with Crippen molar-refractivity contribution in [3.8, 4) is 43.1 Å². The molecule has 0 saturated heterocycles. The van der Waals surface area contributed by atoms with E-state index in [-0.39, 0.29) is 0 Å². The van der Waals surface area contributed by atoms with Gasteiger partial charge in [0.1, 0.15) is 0 Å². The molecule has 2 aliphatic rings. The van der Waals surface area contributed by atoms with Crippen LogP contribution in [0.3, 0.4) is 0 Å². The minimum absolute atomic E-state index is 0.826. The Kier molecular flexibility index (Phi) is 13.4. The number of hydrogen-bond donors (Lipinski definition) is 0. The van der Waals surface area contributed by atoms with Gasteiger partial charge >= 0.3 is 37.9 Å². The SMILES string of the molecule is C[Si]C.Cc1ccc(-c2cc3c(-c4ccccc4)c4c(cc3[cH-]2)CCC4)s1.Cc1ccc(-c2cc3c(-c4ccccc4)c4c(cc3[cH-]2)CCC4)s1.[Cl][Zr+2][Cl]. The van der Waals surface area contributed by atoms with Gasteiger partial charge in [-0.2, -0.15) is 22.7 Å². The molecular formula is C48H44Cl2S2SiZr. The van der Waals surface area contributed by atoms with Crippen LogP contribution in [0.15, 0.2) is 121 Å². The quantitative estimate of drug-likeness (QED) is 0.122. The van der Waals surface area contributed by atoms with E-state index < -0.39 is 20.8 Å². The van der Waals surface area contributed by atoms with E-state index in [9.17, 15) is 0 Å². The molecule has 10 rings (SSSR count). The second-order valence-corrected chi connectivity index (χ2v) is 21.4. The van der Waals surface area contributed by atoms with E-state index in [4.69, 9.17) is 17.0 Å². The Morgan fingerprint density at radius 3 is 1.30 bits per heavy atom. The average molecular weight is 875 g/mol. The van der Waals surface area contributed by atoms with Crippen LogP contribution in [0.25, 0.3) is 64.7 Å². The molecule has 0 spiro atoms. The van der Waals surface area contributed by atoms with Crippen LogP contribution in [0.1, 0.15) is 44.8 Å². The Hall–Kier alpha value is -2.82. The van der Waals surface area contributed by atoms with Gasteiger partial charge in [0, 0.05) is 9.52 Å². The van der Waals surface area contributed by atoms with Crippen molar-refractivity contribution in [3.63, 3.8) is 0 Å². The molecule has 270 valence electrons. The summed E-state index contributed by atoms with van der Waals surface area (Å²) in [5, 5.41) is 5.64. The molecule has 0 saturated carbocycles. The van der Waals surface area contributed by atoms with Crippen molar-refractivity contribution in [2.24, 2.45) is 0 Å². The van der Waals surface area contributed by atoms with Gasteiger partial charge in [0.2, 0.25) is 0 Å². The summed E-state index contributed by atoms with van der Waals surface area (Å²) < 4.78 is 0. The summed E-state index contributed by atoms with van der Waals surface area (Å²) in [5.41, 5.74) is 14.7. The Bertz CT molecular complexity index is 2290. The van der Waals surface area contributed by atoms with Gasteiger partial charge < -0.3 is 0 Å². The molecule has 8 aromatic rings. The Morgan fingerprint density at radius 1 is 0.556 bits per heavy atom. The molecule has 6 heteroatoms. The van der Waals surface area contributed by atoms with Crippen LogP contribution < -0.4 is 0 Å². The molecule has 0 aliphatic heterocycles. The monoisotopic (exact) mass is 872 g/mol. The number of thiophene rings is 2. The maximum atomic E-state index is 4.93. The number of rotatable bonds is 4. The molecule has 2 aliphatic carbocycles. The summed E-state index contributed by atoms with van der Waals surface area (Å²) in [5.74, 6) is 0. The fourth-order valence-corrected chi connectivity index (χ4v) is 9.89. The van der Waals surface area contributed by atoms with E-state index in [2.05, 4.69) is 148 Å². The predicted octanol–water partition coefficient (Wildman–Crippen LogP) is 15.7. The van der Waals surface area contributed by atoms with Crippen molar-refractivity contribution in [2.75, 3.05) is 0 Å². The molecule has 2 radical (unpaired) electrons. The van der Waals surface area contributed by atoms with Gasteiger partial charge in [-0.15, -0.1) is 69.1 Å². The maximum absolute atomic E-state index is 4.93. The van der Waals surface area contributed by atoms with Crippen LogP contribution in [-0.2, 0) is 46.5 Å². The molecule has 2 aromatic heterocycles.